The Bertz CT molecular complexity index is 439. The lowest BCUT2D eigenvalue weighted by molar-refractivity contribution is 0.106. The van der Waals surface area contributed by atoms with E-state index in [4.69, 9.17) is 27.9 Å². The summed E-state index contributed by atoms with van der Waals surface area (Å²) < 4.78 is 4.89. The van der Waals surface area contributed by atoms with Crippen LogP contribution in [-0.4, -0.2) is 27.6 Å². The van der Waals surface area contributed by atoms with Gasteiger partial charge in [0.05, 0.1) is 25.4 Å². The molecule has 86 valence electrons. The van der Waals surface area contributed by atoms with Crippen molar-refractivity contribution in [3.63, 3.8) is 0 Å². The summed E-state index contributed by atoms with van der Waals surface area (Å²) in [5.41, 5.74) is 1.41. The van der Waals surface area contributed by atoms with Crippen LogP contribution in [0.1, 0.15) is 18.2 Å². The number of aromatic nitrogens is 2. The van der Waals surface area contributed by atoms with Crippen LogP contribution in [-0.2, 0) is 17.8 Å². The largest absolute Gasteiger partial charge is 0.450 e. The molecule has 1 aliphatic rings. The summed E-state index contributed by atoms with van der Waals surface area (Å²) >= 11 is 11.6. The number of carbonyl (C=O) groups excluding carboxylic acids is 1. The predicted octanol–water partition coefficient (Wildman–Crippen LogP) is 2.26. The SMILES string of the molecule is CCOC(=O)N1Cc2nc(Cl)nc(Cl)c2C1. The Balaban J connectivity index is 2.21. The molecule has 16 heavy (non-hydrogen) atoms. The normalized spacial score (nSPS) is 13.8. The summed E-state index contributed by atoms with van der Waals surface area (Å²) in [7, 11) is 0. The third-order valence-corrected chi connectivity index (χ3v) is 2.71. The van der Waals surface area contributed by atoms with Gasteiger partial charge < -0.3 is 4.74 Å². The van der Waals surface area contributed by atoms with Gasteiger partial charge in [-0.1, -0.05) is 11.6 Å². The van der Waals surface area contributed by atoms with Crippen molar-refractivity contribution in [2.45, 2.75) is 20.0 Å². The number of hydrogen-bond acceptors (Lipinski definition) is 4. The lowest BCUT2D eigenvalue weighted by Gasteiger charge is -2.13. The fourth-order valence-electron chi connectivity index (χ4n) is 1.53. The molecule has 0 saturated heterocycles. The molecule has 1 aromatic rings. The van der Waals surface area contributed by atoms with Crippen molar-refractivity contribution >= 4 is 29.3 Å². The van der Waals surface area contributed by atoms with E-state index in [0.717, 1.165) is 5.56 Å². The van der Waals surface area contributed by atoms with Gasteiger partial charge in [0.25, 0.3) is 0 Å². The third kappa shape index (κ3) is 2.05. The molecule has 0 N–H and O–H groups in total. The van der Waals surface area contributed by atoms with Gasteiger partial charge in [-0.05, 0) is 18.5 Å². The highest BCUT2D eigenvalue weighted by molar-refractivity contribution is 6.32. The maximum Gasteiger partial charge on any atom is 0.410 e. The minimum Gasteiger partial charge on any atom is -0.450 e. The minimum absolute atomic E-state index is 0.0921. The molecule has 1 aromatic heterocycles. The summed E-state index contributed by atoms with van der Waals surface area (Å²) in [5, 5.41) is 0.385. The van der Waals surface area contributed by atoms with Crippen molar-refractivity contribution in [3.8, 4) is 0 Å². The van der Waals surface area contributed by atoms with E-state index in [1.54, 1.807) is 6.92 Å². The van der Waals surface area contributed by atoms with Crippen molar-refractivity contribution in [2.24, 2.45) is 0 Å². The van der Waals surface area contributed by atoms with Gasteiger partial charge in [-0.25, -0.2) is 14.8 Å². The maximum absolute atomic E-state index is 11.5. The second-order valence-electron chi connectivity index (χ2n) is 3.26. The Hall–Kier alpha value is -1.07. The molecule has 2 heterocycles. The number of ether oxygens (including phenoxy) is 1. The molecule has 5 nitrogen and oxygen atoms in total. The van der Waals surface area contributed by atoms with E-state index in [9.17, 15) is 4.79 Å². The number of carbonyl (C=O) groups is 1. The number of hydrogen-bond donors (Lipinski definition) is 0. The van der Waals surface area contributed by atoms with Crippen molar-refractivity contribution in [2.75, 3.05) is 6.61 Å². The van der Waals surface area contributed by atoms with E-state index in [-0.39, 0.29) is 11.4 Å². The number of amides is 1. The molecule has 0 atom stereocenters. The van der Waals surface area contributed by atoms with Crippen LogP contribution in [0.4, 0.5) is 4.79 Å². The highest BCUT2D eigenvalue weighted by Gasteiger charge is 2.28. The molecule has 0 aromatic carbocycles. The lowest BCUT2D eigenvalue weighted by Crippen LogP contribution is -2.26. The number of rotatable bonds is 1. The van der Waals surface area contributed by atoms with Crippen LogP contribution < -0.4 is 0 Å². The Morgan fingerprint density at radius 3 is 2.88 bits per heavy atom. The molecule has 1 aliphatic heterocycles. The first-order valence-electron chi connectivity index (χ1n) is 4.74. The van der Waals surface area contributed by atoms with Crippen molar-refractivity contribution in [1.29, 1.82) is 0 Å². The van der Waals surface area contributed by atoms with E-state index in [0.29, 0.717) is 30.5 Å². The van der Waals surface area contributed by atoms with E-state index < -0.39 is 0 Å². The molecule has 0 spiro atoms. The molecular weight excluding hydrogens is 253 g/mol. The van der Waals surface area contributed by atoms with Crippen LogP contribution >= 0.6 is 23.2 Å². The molecule has 0 fully saturated rings. The van der Waals surface area contributed by atoms with E-state index in [1.165, 1.54) is 4.90 Å². The average molecular weight is 262 g/mol. The first-order valence-corrected chi connectivity index (χ1v) is 5.50. The van der Waals surface area contributed by atoms with E-state index >= 15 is 0 Å². The second-order valence-corrected chi connectivity index (χ2v) is 3.96. The first kappa shape index (κ1) is 11.4. The Morgan fingerprint density at radius 2 is 2.19 bits per heavy atom. The van der Waals surface area contributed by atoms with Crippen molar-refractivity contribution < 1.29 is 9.53 Å². The minimum atomic E-state index is -0.382. The first-order chi connectivity index (χ1) is 7.61. The number of nitrogens with zero attached hydrogens (tertiary/aromatic N) is 3. The predicted molar refractivity (Wildman–Crippen MR) is 58.3 cm³/mol. The Kier molecular flexibility index (Phi) is 3.16. The molecule has 0 aliphatic carbocycles. The van der Waals surface area contributed by atoms with E-state index in [2.05, 4.69) is 9.97 Å². The Morgan fingerprint density at radius 1 is 1.44 bits per heavy atom. The van der Waals surface area contributed by atoms with Crippen molar-refractivity contribution in [3.05, 3.63) is 21.7 Å². The van der Waals surface area contributed by atoms with Crippen LogP contribution in [0.3, 0.4) is 0 Å². The van der Waals surface area contributed by atoms with Gasteiger partial charge in [0.15, 0.2) is 0 Å². The highest BCUT2D eigenvalue weighted by Crippen LogP contribution is 2.27. The maximum atomic E-state index is 11.5. The molecular formula is C9H9Cl2N3O2. The van der Waals surface area contributed by atoms with Crippen LogP contribution in [0, 0.1) is 0 Å². The van der Waals surface area contributed by atoms with Gasteiger partial charge in [-0.15, -0.1) is 0 Å². The highest BCUT2D eigenvalue weighted by atomic mass is 35.5. The summed E-state index contributed by atoms with van der Waals surface area (Å²) in [6, 6.07) is 0. The van der Waals surface area contributed by atoms with Gasteiger partial charge in [0.2, 0.25) is 5.28 Å². The fraction of sp³-hybridized carbons (Fsp3) is 0.444. The fourth-order valence-corrected chi connectivity index (χ4v) is 2.01. The zero-order valence-corrected chi connectivity index (χ0v) is 10.0. The molecule has 7 heteroatoms. The Labute approximate surface area is 102 Å². The van der Waals surface area contributed by atoms with Crippen LogP contribution in [0.2, 0.25) is 10.4 Å². The summed E-state index contributed by atoms with van der Waals surface area (Å²) in [6.07, 6.45) is -0.382. The molecule has 0 radical (unpaired) electrons. The number of fused-ring (bicyclic) bond motifs is 1. The third-order valence-electron chi connectivity index (χ3n) is 2.23. The van der Waals surface area contributed by atoms with Crippen LogP contribution in [0.5, 0.6) is 0 Å². The zero-order valence-electron chi connectivity index (χ0n) is 8.54. The van der Waals surface area contributed by atoms with Gasteiger partial charge >= 0.3 is 6.09 Å². The molecule has 0 saturated carbocycles. The smallest absolute Gasteiger partial charge is 0.410 e. The number of halogens is 2. The summed E-state index contributed by atoms with van der Waals surface area (Å²) in [4.78, 5) is 20.8. The van der Waals surface area contributed by atoms with Gasteiger partial charge in [-0.3, -0.25) is 4.90 Å². The summed E-state index contributed by atoms with van der Waals surface area (Å²) in [5.74, 6) is 0. The standard InChI is InChI=1S/C9H9Cl2N3O2/c1-2-16-9(15)14-3-5-6(4-14)12-8(11)13-7(5)10/h2-4H2,1H3. The monoisotopic (exact) mass is 261 g/mol. The zero-order chi connectivity index (χ0) is 11.7. The van der Waals surface area contributed by atoms with Crippen LogP contribution in [0.25, 0.3) is 0 Å². The second kappa shape index (κ2) is 4.43. The molecule has 0 unspecified atom stereocenters. The summed E-state index contributed by atoms with van der Waals surface area (Å²) in [6.45, 7) is 2.82. The lowest BCUT2D eigenvalue weighted by atomic mass is 10.3. The molecule has 0 bridgehead atoms. The van der Waals surface area contributed by atoms with Crippen LogP contribution in [0.15, 0.2) is 0 Å². The molecule has 2 rings (SSSR count). The molecule has 1 amide bonds. The quantitative estimate of drug-likeness (QED) is 0.575. The van der Waals surface area contributed by atoms with Crippen molar-refractivity contribution in [1.82, 2.24) is 14.9 Å². The van der Waals surface area contributed by atoms with E-state index in [1.807, 2.05) is 0 Å². The van der Waals surface area contributed by atoms with Gasteiger partial charge in [0.1, 0.15) is 5.15 Å². The van der Waals surface area contributed by atoms with Gasteiger partial charge in [-0.2, -0.15) is 0 Å². The average Bonchev–Trinajstić information content (AvgIpc) is 2.62. The van der Waals surface area contributed by atoms with Gasteiger partial charge in [0, 0.05) is 5.56 Å². The topological polar surface area (TPSA) is 55.3 Å².